The first-order valence-electron chi connectivity index (χ1n) is 6.00. The van der Waals surface area contributed by atoms with Gasteiger partial charge in [0.1, 0.15) is 11.9 Å². The Morgan fingerprint density at radius 3 is 2.90 bits per heavy atom. The van der Waals surface area contributed by atoms with Gasteiger partial charge in [-0.25, -0.2) is 0 Å². The lowest BCUT2D eigenvalue weighted by atomic mass is 10.2. The van der Waals surface area contributed by atoms with E-state index in [1.165, 1.54) is 0 Å². The Balaban J connectivity index is 2.33. The second-order valence-corrected chi connectivity index (χ2v) is 4.39. The summed E-state index contributed by atoms with van der Waals surface area (Å²) in [6, 6.07) is 10.5. The maximum Gasteiger partial charge on any atom is 0.239 e. The third-order valence-corrected chi connectivity index (χ3v) is 2.77. The molecule has 0 unspecified atom stereocenters. The van der Waals surface area contributed by atoms with E-state index in [2.05, 4.69) is 16.4 Å². The van der Waals surface area contributed by atoms with Crippen molar-refractivity contribution in [3.8, 4) is 11.9 Å². The normalized spacial score (nSPS) is 9.85. The molecule has 6 heteroatoms. The number of pyridine rings is 1. The fourth-order valence-corrected chi connectivity index (χ4v) is 1.80. The van der Waals surface area contributed by atoms with Crippen molar-refractivity contribution >= 4 is 28.8 Å². The Morgan fingerprint density at radius 1 is 1.40 bits per heavy atom. The summed E-state index contributed by atoms with van der Waals surface area (Å²) < 4.78 is 5.33. The molecule has 0 saturated heterocycles. The van der Waals surface area contributed by atoms with E-state index in [9.17, 15) is 0 Å². The van der Waals surface area contributed by atoms with Gasteiger partial charge in [-0.1, -0.05) is 11.6 Å². The molecule has 1 aromatic carbocycles. The summed E-state index contributed by atoms with van der Waals surface area (Å²) in [4.78, 5) is 4.25. The minimum Gasteiger partial charge on any atom is -0.476 e. The average Bonchev–Trinajstić information content (AvgIpc) is 2.43. The van der Waals surface area contributed by atoms with Gasteiger partial charge in [-0.2, -0.15) is 10.2 Å². The molecule has 1 heterocycles. The van der Waals surface area contributed by atoms with Crippen LogP contribution in [0, 0.1) is 11.3 Å². The molecule has 1 aromatic heterocycles. The molecule has 102 valence electrons. The van der Waals surface area contributed by atoms with Crippen LogP contribution in [0.4, 0.5) is 17.2 Å². The van der Waals surface area contributed by atoms with E-state index in [1.807, 2.05) is 6.92 Å². The number of ether oxygens (including phenoxy) is 1. The van der Waals surface area contributed by atoms with Crippen LogP contribution >= 0.6 is 11.6 Å². The fourth-order valence-electron chi connectivity index (χ4n) is 1.63. The highest BCUT2D eigenvalue weighted by Gasteiger charge is 2.07. The van der Waals surface area contributed by atoms with E-state index < -0.39 is 0 Å². The van der Waals surface area contributed by atoms with E-state index in [-0.39, 0.29) is 0 Å². The molecular formula is C14H13ClN4O. The predicted molar refractivity (Wildman–Crippen MR) is 79.3 cm³/mol. The summed E-state index contributed by atoms with van der Waals surface area (Å²) in [5.41, 5.74) is 7.28. The van der Waals surface area contributed by atoms with E-state index in [4.69, 9.17) is 27.3 Å². The second-order valence-electron chi connectivity index (χ2n) is 3.95. The minimum atomic E-state index is 0.359. The Kier molecular flexibility index (Phi) is 4.28. The summed E-state index contributed by atoms with van der Waals surface area (Å²) >= 11 is 5.93. The van der Waals surface area contributed by atoms with Gasteiger partial charge in [0, 0.05) is 5.02 Å². The largest absolute Gasteiger partial charge is 0.476 e. The highest BCUT2D eigenvalue weighted by Crippen LogP contribution is 2.26. The molecule has 0 bridgehead atoms. The maximum absolute atomic E-state index is 9.07. The fraction of sp³-hybridized carbons (Fsp3) is 0.143. The first kappa shape index (κ1) is 14.0. The van der Waals surface area contributed by atoms with Crippen LogP contribution in [0.5, 0.6) is 5.88 Å². The SMILES string of the molecule is CCOc1nc(Nc2cc(Cl)ccc2C#N)ccc1N. The van der Waals surface area contributed by atoms with Gasteiger partial charge >= 0.3 is 0 Å². The van der Waals surface area contributed by atoms with Gasteiger partial charge in [-0.05, 0) is 37.3 Å². The topological polar surface area (TPSA) is 84.0 Å². The monoisotopic (exact) mass is 288 g/mol. The maximum atomic E-state index is 9.07. The van der Waals surface area contributed by atoms with Crippen LogP contribution in [0.15, 0.2) is 30.3 Å². The van der Waals surface area contributed by atoms with Crippen molar-refractivity contribution in [2.45, 2.75) is 6.92 Å². The van der Waals surface area contributed by atoms with Crippen LogP contribution in [-0.4, -0.2) is 11.6 Å². The van der Waals surface area contributed by atoms with Gasteiger partial charge < -0.3 is 15.8 Å². The lowest BCUT2D eigenvalue weighted by Crippen LogP contribution is -2.02. The van der Waals surface area contributed by atoms with Crippen molar-refractivity contribution in [2.24, 2.45) is 0 Å². The molecule has 0 aliphatic heterocycles. The van der Waals surface area contributed by atoms with Gasteiger partial charge in [0.15, 0.2) is 0 Å². The van der Waals surface area contributed by atoms with Crippen LogP contribution in [0.25, 0.3) is 0 Å². The number of anilines is 3. The smallest absolute Gasteiger partial charge is 0.239 e. The zero-order valence-electron chi connectivity index (χ0n) is 10.9. The number of hydrogen-bond acceptors (Lipinski definition) is 5. The van der Waals surface area contributed by atoms with Gasteiger partial charge in [-0.15, -0.1) is 0 Å². The minimum absolute atomic E-state index is 0.359. The van der Waals surface area contributed by atoms with E-state index in [0.717, 1.165) is 0 Å². The van der Waals surface area contributed by atoms with Gasteiger partial charge in [0.05, 0.1) is 23.5 Å². The lowest BCUT2D eigenvalue weighted by Gasteiger charge is -2.11. The van der Waals surface area contributed by atoms with Crippen molar-refractivity contribution in [3.63, 3.8) is 0 Å². The van der Waals surface area contributed by atoms with Crippen LogP contribution in [0.2, 0.25) is 5.02 Å². The van der Waals surface area contributed by atoms with Crippen LogP contribution in [0.1, 0.15) is 12.5 Å². The van der Waals surface area contributed by atoms with Gasteiger partial charge in [0.2, 0.25) is 5.88 Å². The van der Waals surface area contributed by atoms with Crippen molar-refractivity contribution < 1.29 is 4.74 Å². The number of nitriles is 1. The summed E-state index contributed by atoms with van der Waals surface area (Å²) in [5, 5.41) is 12.6. The molecule has 0 atom stereocenters. The van der Waals surface area contributed by atoms with Crippen LogP contribution in [0.3, 0.4) is 0 Å². The third-order valence-electron chi connectivity index (χ3n) is 2.54. The summed E-state index contributed by atoms with van der Waals surface area (Å²) in [6.45, 7) is 2.33. The Bertz CT molecular complexity index is 667. The highest BCUT2D eigenvalue weighted by atomic mass is 35.5. The number of hydrogen-bond donors (Lipinski definition) is 2. The second kappa shape index (κ2) is 6.13. The molecule has 20 heavy (non-hydrogen) atoms. The molecule has 0 fully saturated rings. The molecule has 2 rings (SSSR count). The molecular weight excluding hydrogens is 276 g/mol. The van der Waals surface area contributed by atoms with Crippen molar-refractivity contribution in [3.05, 3.63) is 40.9 Å². The van der Waals surface area contributed by atoms with Gasteiger partial charge in [-0.3, -0.25) is 0 Å². The lowest BCUT2D eigenvalue weighted by molar-refractivity contribution is 0.329. The molecule has 0 radical (unpaired) electrons. The number of nitrogens with zero attached hydrogens (tertiary/aromatic N) is 2. The quantitative estimate of drug-likeness (QED) is 0.901. The number of nitrogens with one attached hydrogen (secondary N) is 1. The van der Waals surface area contributed by atoms with Crippen molar-refractivity contribution in [1.29, 1.82) is 5.26 Å². The molecule has 0 amide bonds. The molecule has 0 aliphatic carbocycles. The van der Waals surface area contributed by atoms with E-state index in [1.54, 1.807) is 30.3 Å². The number of benzene rings is 1. The zero-order chi connectivity index (χ0) is 14.5. The summed E-state index contributed by atoms with van der Waals surface area (Å²) in [6.07, 6.45) is 0. The summed E-state index contributed by atoms with van der Waals surface area (Å²) in [7, 11) is 0. The number of halogens is 1. The van der Waals surface area contributed by atoms with E-state index >= 15 is 0 Å². The Labute approximate surface area is 122 Å². The Morgan fingerprint density at radius 2 is 2.20 bits per heavy atom. The molecule has 0 aliphatic rings. The van der Waals surface area contributed by atoms with Crippen molar-refractivity contribution in [2.75, 3.05) is 17.7 Å². The van der Waals surface area contributed by atoms with Crippen LogP contribution in [-0.2, 0) is 0 Å². The number of aromatic nitrogens is 1. The standard InChI is InChI=1S/C14H13ClN4O/c1-2-20-14-11(17)5-6-13(19-14)18-12-7-10(15)4-3-9(12)8-16/h3-7H,2,17H2,1H3,(H,18,19). The molecule has 0 saturated carbocycles. The zero-order valence-corrected chi connectivity index (χ0v) is 11.6. The highest BCUT2D eigenvalue weighted by molar-refractivity contribution is 6.30. The first-order valence-corrected chi connectivity index (χ1v) is 6.38. The molecule has 2 aromatic rings. The van der Waals surface area contributed by atoms with Crippen LogP contribution < -0.4 is 15.8 Å². The van der Waals surface area contributed by atoms with E-state index in [0.29, 0.717) is 40.3 Å². The predicted octanol–water partition coefficient (Wildman–Crippen LogP) is 3.33. The number of nitrogen functional groups attached to an aromatic ring is 1. The van der Waals surface area contributed by atoms with Gasteiger partial charge in [0.25, 0.3) is 0 Å². The molecule has 5 nitrogen and oxygen atoms in total. The Hall–Kier alpha value is -2.45. The van der Waals surface area contributed by atoms with Crippen molar-refractivity contribution in [1.82, 2.24) is 4.98 Å². The molecule has 0 spiro atoms. The summed E-state index contributed by atoms with van der Waals surface area (Å²) in [5.74, 6) is 0.888. The third kappa shape index (κ3) is 3.11. The average molecular weight is 289 g/mol. The molecule has 3 N–H and O–H groups in total. The number of nitrogens with two attached hydrogens (primary N) is 1. The first-order chi connectivity index (χ1) is 9.63. The number of rotatable bonds is 4.